The Kier molecular flexibility index (Phi) is 3.14. The SMILES string of the molecule is COc1ccc2c(Cl)nc(C3CCCNC3)n2c1. The summed E-state index contributed by atoms with van der Waals surface area (Å²) in [5.74, 6) is 2.27. The Morgan fingerprint density at radius 3 is 3.11 bits per heavy atom. The van der Waals surface area contributed by atoms with Crippen molar-refractivity contribution in [2.75, 3.05) is 20.2 Å². The van der Waals surface area contributed by atoms with Gasteiger partial charge < -0.3 is 10.1 Å². The zero-order valence-electron chi connectivity index (χ0n) is 10.3. The summed E-state index contributed by atoms with van der Waals surface area (Å²) >= 11 is 6.20. The summed E-state index contributed by atoms with van der Waals surface area (Å²) in [6.45, 7) is 2.06. The zero-order chi connectivity index (χ0) is 12.5. The second-order valence-electron chi connectivity index (χ2n) is 4.63. The first-order valence-corrected chi connectivity index (χ1v) is 6.59. The number of rotatable bonds is 2. The number of pyridine rings is 1. The second-order valence-corrected chi connectivity index (χ2v) is 4.99. The quantitative estimate of drug-likeness (QED) is 0.907. The third-order valence-corrected chi connectivity index (χ3v) is 3.77. The van der Waals surface area contributed by atoms with Gasteiger partial charge >= 0.3 is 0 Å². The fourth-order valence-electron chi connectivity index (χ4n) is 2.53. The molecule has 2 aromatic rings. The highest BCUT2D eigenvalue weighted by molar-refractivity contribution is 6.32. The Bertz CT molecular complexity index is 561. The Labute approximate surface area is 111 Å². The normalized spacial score (nSPS) is 20.2. The molecule has 96 valence electrons. The molecule has 4 nitrogen and oxygen atoms in total. The molecule has 1 fully saturated rings. The largest absolute Gasteiger partial charge is 0.495 e. The molecule has 1 atom stereocenters. The smallest absolute Gasteiger partial charge is 0.155 e. The summed E-state index contributed by atoms with van der Waals surface area (Å²) in [7, 11) is 1.67. The lowest BCUT2D eigenvalue weighted by Crippen LogP contribution is -2.29. The van der Waals surface area contributed by atoms with Crippen LogP contribution in [0.2, 0.25) is 5.15 Å². The highest BCUT2D eigenvalue weighted by atomic mass is 35.5. The standard InChI is InChI=1S/C13H16ClN3O/c1-18-10-4-5-11-12(14)16-13(17(11)8-10)9-3-2-6-15-7-9/h4-5,8-9,15H,2-3,6-7H2,1H3. The fraction of sp³-hybridized carbons (Fsp3) is 0.462. The van der Waals surface area contributed by atoms with Crippen molar-refractivity contribution < 1.29 is 4.74 Å². The van der Waals surface area contributed by atoms with Crippen LogP contribution >= 0.6 is 11.6 Å². The molecule has 1 aliphatic heterocycles. The van der Waals surface area contributed by atoms with Gasteiger partial charge in [-0.15, -0.1) is 0 Å². The molecule has 0 radical (unpaired) electrons. The van der Waals surface area contributed by atoms with Gasteiger partial charge in [0.1, 0.15) is 11.6 Å². The predicted molar refractivity (Wildman–Crippen MR) is 71.6 cm³/mol. The van der Waals surface area contributed by atoms with E-state index in [1.807, 2.05) is 18.3 Å². The summed E-state index contributed by atoms with van der Waals surface area (Å²) < 4.78 is 7.32. The van der Waals surface area contributed by atoms with Gasteiger partial charge in [0, 0.05) is 12.5 Å². The summed E-state index contributed by atoms with van der Waals surface area (Å²) in [6.07, 6.45) is 4.29. The number of imidazole rings is 1. The van der Waals surface area contributed by atoms with Crippen molar-refractivity contribution in [3.8, 4) is 5.75 Å². The molecule has 2 aromatic heterocycles. The summed E-state index contributed by atoms with van der Waals surface area (Å²) in [5, 5.41) is 3.98. The van der Waals surface area contributed by atoms with Gasteiger partial charge in [-0.3, -0.25) is 4.40 Å². The average Bonchev–Trinajstić information content (AvgIpc) is 2.76. The van der Waals surface area contributed by atoms with Crippen LogP contribution < -0.4 is 10.1 Å². The molecule has 0 aromatic carbocycles. The first kappa shape index (κ1) is 11.8. The monoisotopic (exact) mass is 265 g/mol. The Balaban J connectivity index is 2.09. The lowest BCUT2D eigenvalue weighted by Gasteiger charge is -2.21. The van der Waals surface area contributed by atoms with E-state index in [0.29, 0.717) is 11.1 Å². The lowest BCUT2D eigenvalue weighted by molar-refractivity contribution is 0.410. The van der Waals surface area contributed by atoms with Gasteiger partial charge in [0.15, 0.2) is 5.15 Å². The molecule has 1 N–H and O–H groups in total. The van der Waals surface area contributed by atoms with Crippen molar-refractivity contribution >= 4 is 17.1 Å². The van der Waals surface area contributed by atoms with Crippen LogP contribution in [0.1, 0.15) is 24.6 Å². The number of nitrogens with zero attached hydrogens (tertiary/aromatic N) is 2. The molecule has 0 amide bonds. The van der Waals surface area contributed by atoms with E-state index < -0.39 is 0 Å². The van der Waals surface area contributed by atoms with Crippen molar-refractivity contribution in [1.29, 1.82) is 0 Å². The average molecular weight is 266 g/mol. The number of aromatic nitrogens is 2. The third kappa shape index (κ3) is 1.95. The lowest BCUT2D eigenvalue weighted by atomic mass is 9.99. The minimum atomic E-state index is 0.422. The van der Waals surface area contributed by atoms with Gasteiger partial charge in [-0.1, -0.05) is 11.6 Å². The second kappa shape index (κ2) is 4.78. The zero-order valence-corrected chi connectivity index (χ0v) is 11.1. The number of methoxy groups -OCH3 is 1. The molecule has 0 bridgehead atoms. The molecule has 5 heteroatoms. The fourth-order valence-corrected chi connectivity index (χ4v) is 2.77. The molecular weight excluding hydrogens is 250 g/mol. The van der Waals surface area contributed by atoms with Crippen LogP contribution in [0.5, 0.6) is 5.75 Å². The van der Waals surface area contributed by atoms with E-state index in [4.69, 9.17) is 16.3 Å². The van der Waals surface area contributed by atoms with E-state index in [2.05, 4.69) is 14.7 Å². The van der Waals surface area contributed by atoms with Crippen LogP contribution in [0.25, 0.3) is 5.52 Å². The maximum absolute atomic E-state index is 6.20. The van der Waals surface area contributed by atoms with E-state index in [9.17, 15) is 0 Å². The number of hydrogen-bond donors (Lipinski definition) is 1. The highest BCUT2D eigenvalue weighted by Gasteiger charge is 2.21. The summed E-state index contributed by atoms with van der Waals surface area (Å²) in [5.41, 5.74) is 0.943. The molecule has 3 rings (SSSR count). The van der Waals surface area contributed by atoms with Gasteiger partial charge in [0.25, 0.3) is 0 Å². The number of halogens is 1. The number of piperidine rings is 1. The Morgan fingerprint density at radius 1 is 1.50 bits per heavy atom. The minimum Gasteiger partial charge on any atom is -0.495 e. The maximum atomic E-state index is 6.20. The van der Waals surface area contributed by atoms with Crippen molar-refractivity contribution in [3.63, 3.8) is 0 Å². The molecular formula is C13H16ClN3O. The molecule has 3 heterocycles. The van der Waals surface area contributed by atoms with Crippen LogP contribution in [-0.4, -0.2) is 29.6 Å². The van der Waals surface area contributed by atoms with E-state index in [0.717, 1.165) is 36.6 Å². The number of ether oxygens (including phenoxy) is 1. The van der Waals surface area contributed by atoms with E-state index in [-0.39, 0.29) is 0 Å². The van der Waals surface area contributed by atoms with Crippen LogP contribution in [0.3, 0.4) is 0 Å². The van der Waals surface area contributed by atoms with Crippen LogP contribution in [0.4, 0.5) is 0 Å². The highest BCUT2D eigenvalue weighted by Crippen LogP contribution is 2.28. The van der Waals surface area contributed by atoms with Crippen molar-refractivity contribution in [2.45, 2.75) is 18.8 Å². The van der Waals surface area contributed by atoms with Crippen LogP contribution in [0, 0.1) is 0 Å². The third-order valence-electron chi connectivity index (χ3n) is 3.49. The summed E-state index contributed by atoms with van der Waals surface area (Å²) in [6, 6.07) is 3.86. The van der Waals surface area contributed by atoms with Gasteiger partial charge in [-0.05, 0) is 31.5 Å². The van der Waals surface area contributed by atoms with Gasteiger partial charge in [0.2, 0.25) is 0 Å². The number of nitrogens with one attached hydrogen (secondary N) is 1. The molecule has 1 aliphatic rings. The van der Waals surface area contributed by atoms with Crippen LogP contribution in [-0.2, 0) is 0 Å². The van der Waals surface area contributed by atoms with Gasteiger partial charge in [0.05, 0.1) is 18.8 Å². The Hall–Kier alpha value is -1.26. The molecule has 18 heavy (non-hydrogen) atoms. The number of hydrogen-bond acceptors (Lipinski definition) is 3. The molecule has 0 aliphatic carbocycles. The maximum Gasteiger partial charge on any atom is 0.155 e. The molecule has 1 unspecified atom stereocenters. The molecule has 0 spiro atoms. The van der Waals surface area contributed by atoms with E-state index in [1.54, 1.807) is 7.11 Å². The van der Waals surface area contributed by atoms with E-state index >= 15 is 0 Å². The molecule has 1 saturated heterocycles. The van der Waals surface area contributed by atoms with Gasteiger partial charge in [-0.2, -0.15) is 0 Å². The molecule has 0 saturated carbocycles. The van der Waals surface area contributed by atoms with Crippen molar-refractivity contribution in [1.82, 2.24) is 14.7 Å². The van der Waals surface area contributed by atoms with Crippen molar-refractivity contribution in [2.24, 2.45) is 0 Å². The van der Waals surface area contributed by atoms with Crippen molar-refractivity contribution in [3.05, 3.63) is 29.3 Å². The topological polar surface area (TPSA) is 38.6 Å². The summed E-state index contributed by atoms with van der Waals surface area (Å²) in [4.78, 5) is 4.52. The van der Waals surface area contributed by atoms with Crippen LogP contribution in [0.15, 0.2) is 18.3 Å². The first-order valence-electron chi connectivity index (χ1n) is 6.22. The predicted octanol–water partition coefficient (Wildman–Crippen LogP) is 2.46. The Morgan fingerprint density at radius 2 is 2.39 bits per heavy atom. The number of fused-ring (bicyclic) bond motifs is 1. The minimum absolute atomic E-state index is 0.422. The first-order chi connectivity index (χ1) is 8.79. The van der Waals surface area contributed by atoms with Gasteiger partial charge in [-0.25, -0.2) is 4.98 Å². The van der Waals surface area contributed by atoms with E-state index in [1.165, 1.54) is 6.42 Å².